The van der Waals surface area contributed by atoms with Crippen molar-refractivity contribution < 1.29 is 9.47 Å². The molecule has 0 aliphatic rings. The smallest absolute Gasteiger partial charge is 0.122 e. The van der Waals surface area contributed by atoms with Crippen molar-refractivity contribution >= 4 is 0 Å². The lowest BCUT2D eigenvalue weighted by Crippen LogP contribution is -2.09. The summed E-state index contributed by atoms with van der Waals surface area (Å²) in [4.78, 5) is 0. The van der Waals surface area contributed by atoms with E-state index in [1.54, 1.807) is 0 Å². The van der Waals surface area contributed by atoms with E-state index in [9.17, 15) is 0 Å². The Bertz CT molecular complexity index is 491. The fraction of sp³-hybridized carbons (Fsp3) is 0.294. The molecule has 3 heteroatoms. The van der Waals surface area contributed by atoms with Crippen molar-refractivity contribution in [2.45, 2.75) is 19.9 Å². The molecule has 0 saturated heterocycles. The number of hydrogen-bond donors (Lipinski definition) is 1. The predicted molar refractivity (Wildman–Crippen MR) is 81.1 cm³/mol. The van der Waals surface area contributed by atoms with Crippen molar-refractivity contribution in [3.63, 3.8) is 0 Å². The standard InChI is InChI=1S/C17H21NO2/c1-2-14-5-3-7-16(11-14)19-9-10-20-17-8-4-6-15(12-17)13-18/h3-8,11-12H,2,9-10,13,18H2,1H3. The molecule has 0 saturated carbocycles. The minimum Gasteiger partial charge on any atom is -0.490 e. The second kappa shape index (κ2) is 7.56. The van der Waals surface area contributed by atoms with Gasteiger partial charge in [-0.1, -0.05) is 31.2 Å². The summed E-state index contributed by atoms with van der Waals surface area (Å²) in [7, 11) is 0. The van der Waals surface area contributed by atoms with Crippen LogP contribution in [0.4, 0.5) is 0 Å². The molecule has 0 spiro atoms. The minimum atomic E-state index is 0.518. The molecular formula is C17H21NO2. The minimum absolute atomic E-state index is 0.518. The summed E-state index contributed by atoms with van der Waals surface area (Å²) >= 11 is 0. The van der Waals surface area contributed by atoms with E-state index in [1.165, 1.54) is 5.56 Å². The molecule has 0 amide bonds. The first-order chi connectivity index (χ1) is 9.81. The van der Waals surface area contributed by atoms with Crippen LogP contribution in [0.1, 0.15) is 18.1 Å². The molecule has 20 heavy (non-hydrogen) atoms. The van der Waals surface area contributed by atoms with Crippen LogP contribution in [0.5, 0.6) is 11.5 Å². The lowest BCUT2D eigenvalue weighted by atomic mass is 10.2. The van der Waals surface area contributed by atoms with E-state index in [0.29, 0.717) is 19.8 Å². The average Bonchev–Trinajstić information content (AvgIpc) is 2.52. The molecule has 0 heterocycles. The van der Waals surface area contributed by atoms with E-state index in [4.69, 9.17) is 15.2 Å². The van der Waals surface area contributed by atoms with E-state index in [0.717, 1.165) is 23.5 Å². The Morgan fingerprint density at radius 1 is 0.850 bits per heavy atom. The number of rotatable bonds is 7. The molecular weight excluding hydrogens is 250 g/mol. The van der Waals surface area contributed by atoms with Gasteiger partial charge in [0.05, 0.1) is 0 Å². The second-order valence-electron chi connectivity index (χ2n) is 4.55. The fourth-order valence-corrected chi connectivity index (χ4v) is 1.94. The molecule has 0 fully saturated rings. The second-order valence-corrected chi connectivity index (χ2v) is 4.55. The summed E-state index contributed by atoms with van der Waals surface area (Å²) in [6, 6.07) is 16.0. The molecule has 0 aliphatic carbocycles. The van der Waals surface area contributed by atoms with Crippen LogP contribution >= 0.6 is 0 Å². The summed E-state index contributed by atoms with van der Waals surface area (Å²) in [6.45, 7) is 3.70. The molecule has 2 N–H and O–H groups in total. The van der Waals surface area contributed by atoms with Crippen LogP contribution in [0.2, 0.25) is 0 Å². The highest BCUT2D eigenvalue weighted by Gasteiger charge is 1.98. The molecule has 2 aromatic carbocycles. The maximum absolute atomic E-state index is 5.68. The molecule has 0 unspecified atom stereocenters. The van der Waals surface area contributed by atoms with Crippen molar-refractivity contribution in [1.29, 1.82) is 0 Å². The normalized spacial score (nSPS) is 10.3. The summed E-state index contributed by atoms with van der Waals surface area (Å²) < 4.78 is 11.3. The monoisotopic (exact) mass is 271 g/mol. The lowest BCUT2D eigenvalue weighted by molar-refractivity contribution is 0.217. The van der Waals surface area contributed by atoms with Crippen molar-refractivity contribution in [2.75, 3.05) is 13.2 Å². The zero-order valence-electron chi connectivity index (χ0n) is 11.8. The van der Waals surface area contributed by atoms with Crippen molar-refractivity contribution in [1.82, 2.24) is 0 Å². The molecule has 2 rings (SSSR count). The van der Waals surface area contributed by atoms with Gasteiger partial charge in [-0.25, -0.2) is 0 Å². The lowest BCUT2D eigenvalue weighted by Gasteiger charge is -2.10. The molecule has 0 bridgehead atoms. The van der Waals surface area contributed by atoms with E-state index in [2.05, 4.69) is 19.1 Å². The Kier molecular flexibility index (Phi) is 5.44. The van der Waals surface area contributed by atoms with Gasteiger partial charge in [-0.3, -0.25) is 0 Å². The zero-order valence-corrected chi connectivity index (χ0v) is 11.8. The Balaban J connectivity index is 1.78. The molecule has 2 aromatic rings. The van der Waals surface area contributed by atoms with Crippen molar-refractivity contribution in [2.24, 2.45) is 5.73 Å². The van der Waals surface area contributed by atoms with Gasteiger partial charge in [0.15, 0.2) is 0 Å². The van der Waals surface area contributed by atoms with Crippen LogP contribution in [0.15, 0.2) is 48.5 Å². The highest BCUT2D eigenvalue weighted by atomic mass is 16.5. The largest absolute Gasteiger partial charge is 0.490 e. The molecule has 3 nitrogen and oxygen atoms in total. The number of hydrogen-bond acceptors (Lipinski definition) is 3. The Hall–Kier alpha value is -2.00. The van der Waals surface area contributed by atoms with Crippen molar-refractivity contribution in [3.8, 4) is 11.5 Å². The van der Waals surface area contributed by atoms with E-state index in [-0.39, 0.29) is 0 Å². The first kappa shape index (κ1) is 14.4. The van der Waals surface area contributed by atoms with Crippen LogP contribution in [-0.2, 0) is 13.0 Å². The molecule has 0 aromatic heterocycles. The molecule has 0 aliphatic heterocycles. The summed E-state index contributed by atoms with van der Waals surface area (Å²) in [5, 5.41) is 0. The van der Waals surface area contributed by atoms with Gasteiger partial charge >= 0.3 is 0 Å². The summed E-state index contributed by atoms with van der Waals surface area (Å²) in [5.41, 5.74) is 7.94. The number of aryl methyl sites for hydroxylation is 1. The quantitative estimate of drug-likeness (QED) is 0.787. The Morgan fingerprint density at radius 3 is 1.95 bits per heavy atom. The maximum Gasteiger partial charge on any atom is 0.122 e. The van der Waals surface area contributed by atoms with Gasteiger partial charge < -0.3 is 15.2 Å². The first-order valence-electron chi connectivity index (χ1n) is 6.95. The highest BCUT2D eigenvalue weighted by molar-refractivity contribution is 5.29. The van der Waals surface area contributed by atoms with Gasteiger partial charge in [0, 0.05) is 6.54 Å². The third kappa shape index (κ3) is 4.28. The van der Waals surface area contributed by atoms with Crippen LogP contribution in [0, 0.1) is 0 Å². The van der Waals surface area contributed by atoms with E-state index in [1.807, 2.05) is 36.4 Å². The third-order valence-corrected chi connectivity index (χ3v) is 3.06. The van der Waals surface area contributed by atoms with Gasteiger partial charge in [0.2, 0.25) is 0 Å². The average molecular weight is 271 g/mol. The van der Waals surface area contributed by atoms with Crippen molar-refractivity contribution in [3.05, 3.63) is 59.7 Å². The first-order valence-corrected chi connectivity index (χ1v) is 6.95. The third-order valence-electron chi connectivity index (χ3n) is 3.06. The van der Waals surface area contributed by atoms with Crippen LogP contribution in [-0.4, -0.2) is 13.2 Å². The van der Waals surface area contributed by atoms with E-state index < -0.39 is 0 Å². The summed E-state index contributed by atoms with van der Waals surface area (Å²) in [6.07, 6.45) is 1.01. The van der Waals surface area contributed by atoms with Crippen LogP contribution in [0.25, 0.3) is 0 Å². The fourth-order valence-electron chi connectivity index (χ4n) is 1.94. The molecule has 106 valence electrons. The van der Waals surface area contributed by atoms with Crippen LogP contribution in [0.3, 0.4) is 0 Å². The molecule has 0 radical (unpaired) electrons. The Labute approximate surface area is 120 Å². The maximum atomic E-state index is 5.68. The molecule has 0 atom stereocenters. The number of nitrogens with two attached hydrogens (primary N) is 1. The van der Waals surface area contributed by atoms with E-state index >= 15 is 0 Å². The summed E-state index contributed by atoms with van der Waals surface area (Å²) in [5.74, 6) is 1.72. The van der Waals surface area contributed by atoms with Gasteiger partial charge in [-0.2, -0.15) is 0 Å². The SMILES string of the molecule is CCc1cccc(OCCOc2cccc(CN)c2)c1. The van der Waals surface area contributed by atoms with Gasteiger partial charge in [-0.15, -0.1) is 0 Å². The predicted octanol–water partition coefficient (Wildman–Crippen LogP) is 3.17. The van der Waals surface area contributed by atoms with Gasteiger partial charge in [0.25, 0.3) is 0 Å². The van der Waals surface area contributed by atoms with Crippen LogP contribution < -0.4 is 15.2 Å². The Morgan fingerprint density at radius 2 is 1.40 bits per heavy atom. The van der Waals surface area contributed by atoms with Gasteiger partial charge in [-0.05, 0) is 41.8 Å². The topological polar surface area (TPSA) is 44.5 Å². The number of benzene rings is 2. The van der Waals surface area contributed by atoms with Gasteiger partial charge in [0.1, 0.15) is 24.7 Å². The number of ether oxygens (including phenoxy) is 2. The zero-order chi connectivity index (χ0) is 14.2. The highest BCUT2D eigenvalue weighted by Crippen LogP contribution is 2.15.